The van der Waals surface area contributed by atoms with Crippen molar-refractivity contribution in [3.8, 4) is 5.75 Å². The summed E-state index contributed by atoms with van der Waals surface area (Å²) in [6.07, 6.45) is -3.38. The van der Waals surface area contributed by atoms with Gasteiger partial charge in [0.2, 0.25) is 5.91 Å². The highest BCUT2D eigenvalue weighted by molar-refractivity contribution is 5.78. The average molecular weight is 259 g/mol. The van der Waals surface area contributed by atoms with Crippen molar-refractivity contribution < 1.29 is 22.7 Å². The number of ether oxygens (including phenoxy) is 1. The standard InChI is InChI=1S/C12H12F3NO2/c13-12(14,15)18-10-4-1-3-9(7-10)8-16-6-2-5-11(16)17/h1,3-4,7H,2,5-6,8H2. The number of carbonyl (C=O) groups is 1. The van der Waals surface area contributed by atoms with Crippen LogP contribution in [-0.2, 0) is 11.3 Å². The molecule has 18 heavy (non-hydrogen) atoms. The molecule has 0 bridgehead atoms. The van der Waals surface area contributed by atoms with E-state index >= 15 is 0 Å². The highest BCUT2D eigenvalue weighted by atomic mass is 19.4. The zero-order valence-corrected chi connectivity index (χ0v) is 9.54. The molecular formula is C12H12F3NO2. The second kappa shape index (κ2) is 4.88. The van der Waals surface area contributed by atoms with Gasteiger partial charge in [-0.25, -0.2) is 0 Å². The van der Waals surface area contributed by atoms with Gasteiger partial charge in [0.1, 0.15) is 5.75 Å². The molecule has 0 saturated carbocycles. The highest BCUT2D eigenvalue weighted by Gasteiger charge is 2.31. The summed E-state index contributed by atoms with van der Waals surface area (Å²) >= 11 is 0. The van der Waals surface area contributed by atoms with Crippen molar-refractivity contribution in [1.29, 1.82) is 0 Å². The molecule has 0 radical (unpaired) electrons. The number of rotatable bonds is 3. The first-order valence-corrected chi connectivity index (χ1v) is 5.56. The molecule has 0 N–H and O–H groups in total. The van der Waals surface area contributed by atoms with Crippen LogP contribution in [0.3, 0.4) is 0 Å². The quantitative estimate of drug-likeness (QED) is 0.835. The molecule has 1 amide bonds. The topological polar surface area (TPSA) is 29.5 Å². The largest absolute Gasteiger partial charge is 0.573 e. The molecule has 1 fully saturated rings. The minimum absolute atomic E-state index is 0.0390. The molecule has 0 aliphatic carbocycles. The molecule has 0 atom stereocenters. The van der Waals surface area contributed by atoms with E-state index in [1.807, 2.05) is 0 Å². The minimum Gasteiger partial charge on any atom is -0.406 e. The predicted octanol–water partition coefficient (Wildman–Crippen LogP) is 2.71. The number of likely N-dealkylation sites (tertiary alicyclic amines) is 1. The lowest BCUT2D eigenvalue weighted by Gasteiger charge is -2.16. The fraction of sp³-hybridized carbons (Fsp3) is 0.417. The lowest BCUT2D eigenvalue weighted by molar-refractivity contribution is -0.274. The van der Waals surface area contributed by atoms with Gasteiger partial charge in [0.05, 0.1) is 0 Å². The normalized spacial score (nSPS) is 16.2. The predicted molar refractivity (Wildman–Crippen MR) is 57.8 cm³/mol. The number of alkyl halides is 3. The van der Waals surface area contributed by atoms with Crippen molar-refractivity contribution in [3.63, 3.8) is 0 Å². The van der Waals surface area contributed by atoms with E-state index in [0.29, 0.717) is 25.1 Å². The van der Waals surface area contributed by atoms with Crippen LogP contribution in [0.2, 0.25) is 0 Å². The Kier molecular flexibility index (Phi) is 3.45. The van der Waals surface area contributed by atoms with Crippen molar-refractivity contribution in [2.75, 3.05) is 6.54 Å². The van der Waals surface area contributed by atoms with Crippen molar-refractivity contribution >= 4 is 5.91 Å². The second-order valence-electron chi connectivity index (χ2n) is 4.11. The third-order valence-electron chi connectivity index (χ3n) is 2.68. The Labute approximate surface area is 102 Å². The number of hydrogen-bond acceptors (Lipinski definition) is 2. The maximum atomic E-state index is 12.1. The fourth-order valence-corrected chi connectivity index (χ4v) is 1.93. The van der Waals surface area contributed by atoms with E-state index in [0.717, 1.165) is 6.42 Å². The zero-order valence-electron chi connectivity index (χ0n) is 9.54. The SMILES string of the molecule is O=C1CCCN1Cc1cccc(OC(F)(F)F)c1. The lowest BCUT2D eigenvalue weighted by Crippen LogP contribution is -2.24. The van der Waals surface area contributed by atoms with Crippen molar-refractivity contribution in [1.82, 2.24) is 4.90 Å². The van der Waals surface area contributed by atoms with Gasteiger partial charge in [-0.15, -0.1) is 13.2 Å². The van der Waals surface area contributed by atoms with E-state index in [4.69, 9.17) is 0 Å². The number of amides is 1. The van der Waals surface area contributed by atoms with Gasteiger partial charge in [0.15, 0.2) is 0 Å². The number of carbonyl (C=O) groups excluding carboxylic acids is 1. The van der Waals surface area contributed by atoms with E-state index < -0.39 is 6.36 Å². The Morgan fingerprint density at radius 2 is 2.11 bits per heavy atom. The van der Waals surface area contributed by atoms with Crippen LogP contribution in [0.1, 0.15) is 18.4 Å². The molecule has 1 aromatic rings. The van der Waals surface area contributed by atoms with Gasteiger partial charge >= 0.3 is 6.36 Å². The molecule has 98 valence electrons. The average Bonchev–Trinajstić information content (AvgIpc) is 2.62. The first kappa shape index (κ1) is 12.7. The number of halogens is 3. The summed E-state index contributed by atoms with van der Waals surface area (Å²) in [5.41, 5.74) is 0.631. The molecule has 6 heteroatoms. The third kappa shape index (κ3) is 3.38. The Morgan fingerprint density at radius 1 is 1.33 bits per heavy atom. The van der Waals surface area contributed by atoms with Crippen molar-refractivity contribution in [2.24, 2.45) is 0 Å². The van der Waals surface area contributed by atoms with Crippen molar-refractivity contribution in [2.45, 2.75) is 25.7 Å². The zero-order chi connectivity index (χ0) is 13.2. The number of benzene rings is 1. The van der Waals surface area contributed by atoms with E-state index in [1.54, 1.807) is 11.0 Å². The molecule has 1 aromatic carbocycles. The Bertz CT molecular complexity index is 445. The van der Waals surface area contributed by atoms with Crippen LogP contribution < -0.4 is 4.74 Å². The van der Waals surface area contributed by atoms with Crippen LogP contribution in [0.5, 0.6) is 5.75 Å². The summed E-state index contributed by atoms with van der Waals surface area (Å²) in [5, 5.41) is 0. The van der Waals surface area contributed by atoms with Crippen LogP contribution in [0.4, 0.5) is 13.2 Å². The first-order valence-electron chi connectivity index (χ1n) is 5.56. The van der Waals surface area contributed by atoms with Gasteiger partial charge in [-0.05, 0) is 24.1 Å². The summed E-state index contributed by atoms with van der Waals surface area (Å²) in [7, 11) is 0. The molecule has 0 spiro atoms. The van der Waals surface area contributed by atoms with E-state index in [9.17, 15) is 18.0 Å². The Balaban J connectivity index is 2.05. The van der Waals surface area contributed by atoms with Crippen LogP contribution in [0.25, 0.3) is 0 Å². The third-order valence-corrected chi connectivity index (χ3v) is 2.68. The molecule has 1 heterocycles. The van der Waals surface area contributed by atoms with Gasteiger partial charge < -0.3 is 9.64 Å². The van der Waals surface area contributed by atoms with Gasteiger partial charge in [-0.3, -0.25) is 4.79 Å². The molecule has 0 aromatic heterocycles. The second-order valence-corrected chi connectivity index (χ2v) is 4.11. The molecule has 1 aliphatic rings. The summed E-state index contributed by atoms with van der Waals surface area (Å²) in [6.45, 7) is 0.983. The molecule has 2 rings (SSSR count). The summed E-state index contributed by atoms with van der Waals surface area (Å²) in [5.74, 6) is -0.219. The first-order chi connectivity index (χ1) is 8.44. The lowest BCUT2D eigenvalue weighted by atomic mass is 10.2. The molecule has 0 unspecified atom stereocenters. The van der Waals surface area contributed by atoms with Crippen LogP contribution >= 0.6 is 0 Å². The van der Waals surface area contributed by atoms with Crippen LogP contribution in [0, 0.1) is 0 Å². The monoisotopic (exact) mass is 259 g/mol. The Morgan fingerprint density at radius 3 is 2.72 bits per heavy atom. The van der Waals surface area contributed by atoms with Crippen LogP contribution in [-0.4, -0.2) is 23.7 Å². The summed E-state index contributed by atoms with van der Waals surface area (Å²) in [4.78, 5) is 13.0. The van der Waals surface area contributed by atoms with E-state index in [-0.39, 0.29) is 11.7 Å². The number of hydrogen-bond donors (Lipinski definition) is 0. The van der Waals surface area contributed by atoms with E-state index in [2.05, 4.69) is 4.74 Å². The van der Waals surface area contributed by atoms with E-state index in [1.165, 1.54) is 18.2 Å². The summed E-state index contributed by atoms with van der Waals surface area (Å²) < 4.78 is 40.0. The van der Waals surface area contributed by atoms with Gasteiger partial charge in [-0.1, -0.05) is 12.1 Å². The molecule has 1 saturated heterocycles. The molecular weight excluding hydrogens is 247 g/mol. The smallest absolute Gasteiger partial charge is 0.406 e. The van der Waals surface area contributed by atoms with Crippen LogP contribution in [0.15, 0.2) is 24.3 Å². The Hall–Kier alpha value is -1.72. The minimum atomic E-state index is -4.69. The number of nitrogens with zero attached hydrogens (tertiary/aromatic N) is 1. The van der Waals surface area contributed by atoms with Gasteiger partial charge in [0.25, 0.3) is 0 Å². The maximum Gasteiger partial charge on any atom is 0.573 e. The molecule has 3 nitrogen and oxygen atoms in total. The molecule has 1 aliphatic heterocycles. The maximum absolute atomic E-state index is 12.1. The van der Waals surface area contributed by atoms with Gasteiger partial charge in [0, 0.05) is 19.5 Å². The fourth-order valence-electron chi connectivity index (χ4n) is 1.93. The van der Waals surface area contributed by atoms with Crippen molar-refractivity contribution in [3.05, 3.63) is 29.8 Å². The highest BCUT2D eigenvalue weighted by Crippen LogP contribution is 2.24. The van der Waals surface area contributed by atoms with Gasteiger partial charge in [-0.2, -0.15) is 0 Å². The summed E-state index contributed by atoms with van der Waals surface area (Å²) in [6, 6.07) is 5.70.